The van der Waals surface area contributed by atoms with Gasteiger partial charge in [0.05, 0.1) is 6.21 Å². The Hall–Kier alpha value is -2.06. The van der Waals surface area contributed by atoms with Crippen molar-refractivity contribution in [3.63, 3.8) is 0 Å². The number of hydrogen-bond donors (Lipinski definition) is 4. The normalized spacial score (nSPS) is 11.2. The van der Waals surface area contributed by atoms with Crippen LogP contribution in [0.4, 0.5) is 0 Å². The second-order valence-corrected chi connectivity index (χ2v) is 3.95. The van der Waals surface area contributed by atoms with E-state index in [4.69, 9.17) is 11.5 Å². The molecular weight excluding hydrogens is 268 g/mol. The fourth-order valence-corrected chi connectivity index (χ4v) is 1.15. The molecule has 8 heteroatoms. The van der Waals surface area contributed by atoms with Gasteiger partial charge in [0.25, 0.3) is 0 Å². The molecular formula is C10H12N6S2. The number of hydrogen-bond acceptors (Lipinski definition) is 4. The third-order valence-electron chi connectivity index (χ3n) is 1.72. The number of nitrogens with two attached hydrogens (primary N) is 2. The first-order valence-electron chi connectivity index (χ1n) is 4.86. The lowest BCUT2D eigenvalue weighted by Gasteiger charge is -2.02. The van der Waals surface area contributed by atoms with Crippen molar-refractivity contribution in [3.8, 4) is 0 Å². The Morgan fingerprint density at radius 1 is 1.06 bits per heavy atom. The summed E-state index contributed by atoms with van der Waals surface area (Å²) < 4.78 is 0. The summed E-state index contributed by atoms with van der Waals surface area (Å²) in [6.07, 6.45) is 1.46. The van der Waals surface area contributed by atoms with Gasteiger partial charge in [-0.05, 0) is 24.4 Å². The first kappa shape index (κ1) is 14.0. The van der Waals surface area contributed by atoms with Crippen LogP contribution in [-0.4, -0.2) is 22.2 Å². The molecule has 0 amide bonds. The minimum atomic E-state index is 0.0686. The van der Waals surface area contributed by atoms with Gasteiger partial charge >= 0.3 is 0 Å². The van der Waals surface area contributed by atoms with Crippen molar-refractivity contribution in [1.82, 2.24) is 10.9 Å². The minimum absolute atomic E-state index is 0.0686. The highest BCUT2D eigenvalue weighted by molar-refractivity contribution is 7.80. The smallest absolute Gasteiger partial charge is 0.184 e. The van der Waals surface area contributed by atoms with E-state index in [0.717, 1.165) is 5.56 Å². The monoisotopic (exact) mass is 280 g/mol. The molecule has 6 N–H and O–H groups in total. The van der Waals surface area contributed by atoms with Gasteiger partial charge in [0.15, 0.2) is 10.2 Å². The van der Waals surface area contributed by atoms with Gasteiger partial charge in [0.1, 0.15) is 5.71 Å². The van der Waals surface area contributed by atoms with Gasteiger partial charge in [-0.15, -0.1) is 0 Å². The molecule has 0 aliphatic rings. The fourth-order valence-electron chi connectivity index (χ4n) is 1.05. The first-order valence-corrected chi connectivity index (χ1v) is 5.68. The fraction of sp³-hybridized carbons (Fsp3) is 0. The summed E-state index contributed by atoms with van der Waals surface area (Å²) in [5, 5.41) is 7.99. The Kier molecular flexibility index (Phi) is 5.68. The van der Waals surface area contributed by atoms with Crippen LogP contribution in [0.25, 0.3) is 0 Å². The van der Waals surface area contributed by atoms with Crippen LogP contribution in [0.2, 0.25) is 0 Å². The maximum Gasteiger partial charge on any atom is 0.184 e. The Morgan fingerprint density at radius 2 is 1.67 bits per heavy atom. The highest BCUT2D eigenvalue weighted by Gasteiger charge is 2.00. The van der Waals surface area contributed by atoms with Crippen molar-refractivity contribution >= 4 is 46.6 Å². The summed E-state index contributed by atoms with van der Waals surface area (Å²) in [5.41, 5.74) is 16.9. The Bertz CT molecular complexity index is 482. The molecule has 6 nitrogen and oxygen atoms in total. The summed E-state index contributed by atoms with van der Waals surface area (Å²) in [6.45, 7) is 0. The summed E-state index contributed by atoms with van der Waals surface area (Å²) >= 11 is 9.30. The second kappa shape index (κ2) is 7.30. The first-order chi connectivity index (χ1) is 8.59. The number of nitrogens with one attached hydrogen (secondary N) is 2. The molecule has 1 aromatic rings. The molecule has 0 saturated heterocycles. The van der Waals surface area contributed by atoms with Gasteiger partial charge in [0, 0.05) is 5.56 Å². The molecule has 1 aromatic carbocycles. The maximum atomic E-state index is 5.31. The molecule has 0 spiro atoms. The van der Waals surface area contributed by atoms with Crippen molar-refractivity contribution in [2.24, 2.45) is 21.7 Å². The molecule has 1 rings (SSSR count). The van der Waals surface area contributed by atoms with E-state index in [0.29, 0.717) is 5.71 Å². The standard InChI is InChI=1S/C10H12N6S2/c11-9(17)15-13-6-8(14-16-10(12)18)7-4-2-1-3-5-7/h1-6H,(H3,11,15,17)(H3,12,16,18)/b13-6+,14-8-. The van der Waals surface area contributed by atoms with Gasteiger partial charge in [-0.1, -0.05) is 30.3 Å². The number of benzene rings is 1. The van der Waals surface area contributed by atoms with Crippen molar-refractivity contribution in [2.45, 2.75) is 0 Å². The summed E-state index contributed by atoms with van der Waals surface area (Å²) in [4.78, 5) is 0. The van der Waals surface area contributed by atoms with Crippen LogP contribution in [0.15, 0.2) is 40.5 Å². The molecule has 0 bridgehead atoms. The van der Waals surface area contributed by atoms with Crippen molar-refractivity contribution < 1.29 is 0 Å². The van der Waals surface area contributed by atoms with Crippen LogP contribution >= 0.6 is 24.4 Å². The van der Waals surface area contributed by atoms with Gasteiger partial charge in [-0.3, -0.25) is 10.9 Å². The molecule has 18 heavy (non-hydrogen) atoms. The highest BCUT2D eigenvalue weighted by Crippen LogP contribution is 1.99. The van der Waals surface area contributed by atoms with E-state index in [9.17, 15) is 0 Å². The molecule has 0 radical (unpaired) electrons. The van der Waals surface area contributed by atoms with E-state index in [1.165, 1.54) is 6.21 Å². The van der Waals surface area contributed by atoms with E-state index < -0.39 is 0 Å². The van der Waals surface area contributed by atoms with E-state index in [1.54, 1.807) is 0 Å². The van der Waals surface area contributed by atoms with Gasteiger partial charge in [-0.2, -0.15) is 10.2 Å². The SMILES string of the molecule is NC(=S)N/N=C/C(=N/NC(N)=S)c1ccccc1. The molecule has 0 heterocycles. The molecule has 0 atom stereocenters. The lowest BCUT2D eigenvalue weighted by Crippen LogP contribution is -2.27. The summed E-state index contributed by atoms with van der Waals surface area (Å²) in [7, 11) is 0. The minimum Gasteiger partial charge on any atom is -0.375 e. The Morgan fingerprint density at radius 3 is 2.22 bits per heavy atom. The third-order valence-corrected chi connectivity index (χ3v) is 1.90. The predicted octanol–water partition coefficient (Wildman–Crippen LogP) is 0.0429. The predicted molar refractivity (Wildman–Crippen MR) is 81.3 cm³/mol. The average molecular weight is 280 g/mol. The number of thiocarbonyl (C=S) groups is 2. The number of hydrazone groups is 2. The van der Waals surface area contributed by atoms with Crippen LogP contribution in [0.5, 0.6) is 0 Å². The lowest BCUT2D eigenvalue weighted by molar-refractivity contribution is 1.03. The van der Waals surface area contributed by atoms with E-state index in [-0.39, 0.29) is 10.2 Å². The average Bonchev–Trinajstić information content (AvgIpc) is 2.34. The van der Waals surface area contributed by atoms with Crippen LogP contribution in [0.3, 0.4) is 0 Å². The van der Waals surface area contributed by atoms with Gasteiger partial charge in [0.2, 0.25) is 0 Å². The lowest BCUT2D eigenvalue weighted by atomic mass is 10.1. The highest BCUT2D eigenvalue weighted by atomic mass is 32.1. The van der Waals surface area contributed by atoms with Crippen LogP contribution in [-0.2, 0) is 0 Å². The zero-order valence-electron chi connectivity index (χ0n) is 9.33. The Balaban J connectivity index is 2.89. The number of rotatable bonds is 4. The molecule has 0 aliphatic heterocycles. The van der Waals surface area contributed by atoms with Gasteiger partial charge < -0.3 is 11.5 Å². The zero-order chi connectivity index (χ0) is 13.4. The molecule has 94 valence electrons. The van der Waals surface area contributed by atoms with Crippen LogP contribution in [0.1, 0.15) is 5.56 Å². The van der Waals surface area contributed by atoms with Crippen LogP contribution in [0, 0.1) is 0 Å². The quantitative estimate of drug-likeness (QED) is 0.353. The van der Waals surface area contributed by atoms with Crippen molar-refractivity contribution in [1.29, 1.82) is 0 Å². The topological polar surface area (TPSA) is 101 Å². The molecule has 0 unspecified atom stereocenters. The second-order valence-electron chi connectivity index (χ2n) is 3.07. The largest absolute Gasteiger partial charge is 0.375 e. The van der Waals surface area contributed by atoms with Crippen molar-refractivity contribution in [2.75, 3.05) is 0 Å². The van der Waals surface area contributed by atoms with E-state index in [2.05, 4.69) is 45.5 Å². The molecule has 0 aliphatic carbocycles. The maximum absolute atomic E-state index is 5.31. The van der Waals surface area contributed by atoms with Gasteiger partial charge in [-0.25, -0.2) is 0 Å². The third kappa shape index (κ3) is 5.32. The molecule has 0 saturated carbocycles. The summed E-state index contributed by atoms with van der Waals surface area (Å²) in [5.74, 6) is 0. The Labute approximate surface area is 115 Å². The van der Waals surface area contributed by atoms with E-state index >= 15 is 0 Å². The molecule has 0 fully saturated rings. The van der Waals surface area contributed by atoms with Crippen molar-refractivity contribution in [3.05, 3.63) is 35.9 Å². The van der Waals surface area contributed by atoms with E-state index in [1.807, 2.05) is 30.3 Å². The zero-order valence-corrected chi connectivity index (χ0v) is 11.0. The summed E-state index contributed by atoms with van der Waals surface area (Å²) in [6, 6.07) is 9.38. The molecule has 0 aromatic heterocycles. The van der Waals surface area contributed by atoms with Crippen LogP contribution < -0.4 is 22.3 Å². The number of nitrogens with zero attached hydrogens (tertiary/aromatic N) is 2.